The number of ketones is 1. The van der Waals surface area contributed by atoms with Gasteiger partial charge in [-0.2, -0.15) is 0 Å². The van der Waals surface area contributed by atoms with E-state index in [2.05, 4.69) is 0 Å². The number of hydrogen-bond acceptors (Lipinski definition) is 6. The fourth-order valence-electron chi connectivity index (χ4n) is 4.64. The zero-order valence-electron chi connectivity index (χ0n) is 20.4. The highest BCUT2D eigenvalue weighted by molar-refractivity contribution is 5.99. The van der Waals surface area contributed by atoms with Crippen molar-refractivity contribution in [2.24, 2.45) is 7.05 Å². The first-order valence-corrected chi connectivity index (χ1v) is 11.7. The molecule has 0 N–H and O–H groups in total. The summed E-state index contributed by atoms with van der Waals surface area (Å²) in [6, 6.07) is 16.5. The van der Waals surface area contributed by atoms with Gasteiger partial charge >= 0.3 is 11.7 Å². The van der Waals surface area contributed by atoms with Crippen LogP contribution >= 0.6 is 0 Å². The minimum absolute atomic E-state index is 0.204. The second-order valence-electron chi connectivity index (χ2n) is 8.89. The number of Topliss-reactive ketones (excluding diaryl/α,β-unsaturated/α-hetero) is 1. The Bertz CT molecular complexity index is 1530. The van der Waals surface area contributed by atoms with E-state index in [1.165, 1.54) is 9.13 Å². The summed E-state index contributed by atoms with van der Waals surface area (Å²) in [5.41, 5.74) is 3.18. The van der Waals surface area contributed by atoms with Gasteiger partial charge in [0.05, 0.1) is 17.6 Å². The standard InChI is InChI=1S/C27H27N3O6/c1-17-12-20(18(2)29(17)13-19-15-34-24-10-6-7-11-25(24)36-19)23(31)16-35-26(32)14-30-22-9-5-4-8-21(22)28(3)27(30)33/h4-12,19H,13-16H2,1-3H3. The van der Waals surface area contributed by atoms with Gasteiger partial charge in [-0.1, -0.05) is 24.3 Å². The van der Waals surface area contributed by atoms with Crippen molar-refractivity contribution in [2.45, 2.75) is 33.0 Å². The Labute approximate surface area is 207 Å². The molecule has 186 valence electrons. The van der Waals surface area contributed by atoms with Crippen LogP contribution in [-0.4, -0.2) is 44.8 Å². The topological polar surface area (TPSA) is 93.7 Å². The number of para-hydroxylation sites is 4. The minimum atomic E-state index is -0.651. The third kappa shape index (κ3) is 4.28. The molecule has 1 unspecified atom stereocenters. The lowest BCUT2D eigenvalue weighted by atomic mass is 10.1. The molecule has 0 amide bonds. The van der Waals surface area contributed by atoms with Crippen LogP contribution in [0.1, 0.15) is 21.7 Å². The Morgan fingerprint density at radius 2 is 1.69 bits per heavy atom. The van der Waals surface area contributed by atoms with E-state index in [0.29, 0.717) is 30.0 Å². The van der Waals surface area contributed by atoms with Gasteiger partial charge in [-0.15, -0.1) is 0 Å². The van der Waals surface area contributed by atoms with Crippen molar-refractivity contribution < 1.29 is 23.8 Å². The van der Waals surface area contributed by atoms with E-state index in [9.17, 15) is 14.4 Å². The van der Waals surface area contributed by atoms with Gasteiger partial charge in [0.15, 0.2) is 24.2 Å². The number of ether oxygens (including phenoxy) is 3. The summed E-state index contributed by atoms with van der Waals surface area (Å²) in [6.07, 6.45) is -0.204. The van der Waals surface area contributed by atoms with Crippen molar-refractivity contribution in [3.8, 4) is 11.5 Å². The molecule has 1 aliphatic rings. The predicted octanol–water partition coefficient (Wildman–Crippen LogP) is 3.02. The highest BCUT2D eigenvalue weighted by Gasteiger charge is 2.24. The first kappa shape index (κ1) is 23.5. The van der Waals surface area contributed by atoms with Gasteiger partial charge in [0, 0.05) is 24.0 Å². The maximum atomic E-state index is 12.9. The lowest BCUT2D eigenvalue weighted by Crippen LogP contribution is -2.33. The molecule has 0 fully saturated rings. The molecule has 36 heavy (non-hydrogen) atoms. The van der Waals surface area contributed by atoms with Crippen molar-refractivity contribution in [3.05, 3.63) is 82.0 Å². The van der Waals surface area contributed by atoms with Crippen LogP contribution in [0.2, 0.25) is 0 Å². The van der Waals surface area contributed by atoms with Crippen LogP contribution < -0.4 is 15.2 Å². The molecule has 3 heterocycles. The second kappa shape index (κ2) is 9.41. The number of carbonyl (C=O) groups is 2. The Balaban J connectivity index is 1.23. The average molecular weight is 490 g/mol. The summed E-state index contributed by atoms with van der Waals surface area (Å²) in [5, 5.41) is 0. The molecular weight excluding hydrogens is 462 g/mol. The van der Waals surface area contributed by atoms with Crippen LogP contribution in [0.3, 0.4) is 0 Å². The molecule has 2 aromatic carbocycles. The van der Waals surface area contributed by atoms with Crippen LogP contribution in [0.15, 0.2) is 59.4 Å². The molecule has 0 bridgehead atoms. The number of benzene rings is 2. The molecule has 1 atom stereocenters. The van der Waals surface area contributed by atoms with E-state index in [0.717, 1.165) is 22.7 Å². The molecule has 2 aromatic heterocycles. The van der Waals surface area contributed by atoms with Crippen LogP contribution in [0.4, 0.5) is 0 Å². The lowest BCUT2D eigenvalue weighted by Gasteiger charge is -2.27. The number of aromatic nitrogens is 3. The quantitative estimate of drug-likeness (QED) is 0.293. The molecule has 0 spiro atoms. The summed E-state index contributed by atoms with van der Waals surface area (Å²) >= 11 is 0. The highest BCUT2D eigenvalue weighted by Crippen LogP contribution is 2.31. The van der Waals surface area contributed by atoms with Gasteiger partial charge in [0.2, 0.25) is 5.78 Å². The van der Waals surface area contributed by atoms with E-state index in [1.807, 2.05) is 48.7 Å². The number of hydrogen-bond donors (Lipinski definition) is 0. The lowest BCUT2D eigenvalue weighted by molar-refractivity contribution is -0.143. The van der Waals surface area contributed by atoms with Gasteiger partial charge in [0.1, 0.15) is 13.2 Å². The zero-order valence-corrected chi connectivity index (χ0v) is 20.4. The van der Waals surface area contributed by atoms with Gasteiger partial charge in [-0.05, 0) is 44.2 Å². The molecule has 0 saturated carbocycles. The smallest absolute Gasteiger partial charge is 0.329 e. The third-order valence-corrected chi connectivity index (χ3v) is 6.53. The Morgan fingerprint density at radius 1 is 1.00 bits per heavy atom. The van der Waals surface area contributed by atoms with Crippen molar-refractivity contribution in [2.75, 3.05) is 13.2 Å². The maximum absolute atomic E-state index is 12.9. The van der Waals surface area contributed by atoms with Crippen molar-refractivity contribution in [1.82, 2.24) is 13.7 Å². The Kier molecular flexibility index (Phi) is 6.13. The summed E-state index contributed by atoms with van der Waals surface area (Å²) in [7, 11) is 1.65. The highest BCUT2D eigenvalue weighted by atomic mass is 16.6. The van der Waals surface area contributed by atoms with Crippen LogP contribution in [0.25, 0.3) is 11.0 Å². The second-order valence-corrected chi connectivity index (χ2v) is 8.89. The van der Waals surface area contributed by atoms with Crippen LogP contribution in [0, 0.1) is 13.8 Å². The number of rotatable bonds is 7. The van der Waals surface area contributed by atoms with Gasteiger partial charge < -0.3 is 18.8 Å². The summed E-state index contributed by atoms with van der Waals surface area (Å²) in [6.45, 7) is 4.02. The summed E-state index contributed by atoms with van der Waals surface area (Å²) in [5.74, 6) is 0.462. The normalized spacial score (nSPS) is 14.7. The molecule has 9 heteroatoms. The fourth-order valence-corrected chi connectivity index (χ4v) is 4.64. The first-order chi connectivity index (χ1) is 17.3. The zero-order chi connectivity index (χ0) is 25.4. The average Bonchev–Trinajstić information content (AvgIpc) is 3.30. The van der Waals surface area contributed by atoms with Gasteiger partial charge in [-0.25, -0.2) is 4.79 Å². The van der Waals surface area contributed by atoms with Crippen LogP contribution in [-0.2, 0) is 29.7 Å². The molecule has 4 aromatic rings. The maximum Gasteiger partial charge on any atom is 0.329 e. The summed E-state index contributed by atoms with van der Waals surface area (Å²) in [4.78, 5) is 37.9. The largest absolute Gasteiger partial charge is 0.486 e. The number of nitrogens with zero attached hydrogens (tertiary/aromatic N) is 3. The SMILES string of the molecule is Cc1cc(C(=O)COC(=O)Cn2c(=O)n(C)c3ccccc32)c(C)n1CC1COc2ccccc2O1. The molecule has 1 aliphatic heterocycles. The number of esters is 1. The van der Waals surface area contributed by atoms with Gasteiger partial charge in [0.25, 0.3) is 0 Å². The van der Waals surface area contributed by atoms with E-state index in [4.69, 9.17) is 14.2 Å². The van der Waals surface area contributed by atoms with Crippen molar-refractivity contribution in [3.63, 3.8) is 0 Å². The fraction of sp³-hybridized carbons (Fsp3) is 0.296. The molecule has 5 rings (SSSR count). The van der Waals surface area contributed by atoms with E-state index in [-0.39, 0.29) is 24.1 Å². The van der Waals surface area contributed by atoms with E-state index < -0.39 is 12.6 Å². The molecule has 0 saturated heterocycles. The van der Waals surface area contributed by atoms with E-state index in [1.54, 1.807) is 31.3 Å². The first-order valence-electron chi connectivity index (χ1n) is 11.7. The number of imidazole rings is 1. The Morgan fingerprint density at radius 3 is 2.47 bits per heavy atom. The molecule has 0 radical (unpaired) electrons. The third-order valence-electron chi connectivity index (χ3n) is 6.53. The summed E-state index contributed by atoms with van der Waals surface area (Å²) < 4.78 is 22.0. The molecular formula is C27H27N3O6. The predicted molar refractivity (Wildman–Crippen MR) is 133 cm³/mol. The Hall–Kier alpha value is -4.27. The van der Waals surface area contributed by atoms with Gasteiger partial charge in [-0.3, -0.25) is 18.7 Å². The van der Waals surface area contributed by atoms with Crippen LogP contribution in [0.5, 0.6) is 11.5 Å². The van der Waals surface area contributed by atoms with Crippen molar-refractivity contribution in [1.29, 1.82) is 0 Å². The number of aryl methyl sites for hydroxylation is 2. The van der Waals surface area contributed by atoms with E-state index >= 15 is 0 Å². The minimum Gasteiger partial charge on any atom is -0.486 e. The number of fused-ring (bicyclic) bond motifs is 2. The van der Waals surface area contributed by atoms with Crippen molar-refractivity contribution >= 4 is 22.8 Å². The molecule has 0 aliphatic carbocycles. The monoisotopic (exact) mass is 489 g/mol. The number of carbonyl (C=O) groups excluding carboxylic acids is 2. The molecule has 9 nitrogen and oxygen atoms in total.